The van der Waals surface area contributed by atoms with Crippen molar-refractivity contribution in [3.05, 3.63) is 0 Å². The maximum Gasteiger partial charge on any atom is 0.231 e. The normalized spacial score (nSPS) is 23.6. The average Bonchev–Trinajstić information content (AvgIpc) is 3.52. The van der Waals surface area contributed by atoms with Gasteiger partial charge in [0.15, 0.2) is 0 Å². The maximum atomic E-state index is 13.2. The van der Waals surface area contributed by atoms with E-state index in [1.807, 2.05) is 13.8 Å². The molecule has 0 N–H and O–H groups in total. The quantitative estimate of drug-likeness (QED) is 0.502. The summed E-state index contributed by atoms with van der Waals surface area (Å²) in [4.78, 5) is 27.7. The molecule has 2 fully saturated rings. The SMILES string of the molecule is COP(=O)(CN(C)C(=O)C1(C)CC1)CP(=O)(CN(C)C(=O)C1(C)CC1)OC. The van der Waals surface area contributed by atoms with Crippen molar-refractivity contribution >= 4 is 26.6 Å². The van der Waals surface area contributed by atoms with Crippen molar-refractivity contribution in [2.45, 2.75) is 39.5 Å². The molecule has 156 valence electrons. The zero-order chi connectivity index (χ0) is 20.7. The number of amides is 2. The fourth-order valence-electron chi connectivity index (χ4n) is 3.15. The van der Waals surface area contributed by atoms with Crippen LogP contribution in [0.1, 0.15) is 39.5 Å². The average molecular weight is 422 g/mol. The predicted octanol–water partition coefficient (Wildman–Crippen LogP) is 3.22. The highest BCUT2D eigenvalue weighted by Crippen LogP contribution is 2.63. The molecule has 2 amide bonds. The van der Waals surface area contributed by atoms with Crippen LogP contribution in [0.5, 0.6) is 0 Å². The van der Waals surface area contributed by atoms with Crippen molar-refractivity contribution in [2.24, 2.45) is 10.8 Å². The van der Waals surface area contributed by atoms with E-state index in [0.717, 1.165) is 25.7 Å². The van der Waals surface area contributed by atoms with Gasteiger partial charge in [-0.25, -0.2) is 0 Å². The molecule has 0 aromatic carbocycles. The van der Waals surface area contributed by atoms with Crippen LogP contribution in [0.4, 0.5) is 0 Å². The van der Waals surface area contributed by atoms with Crippen LogP contribution in [-0.2, 0) is 27.8 Å². The lowest BCUT2D eigenvalue weighted by Crippen LogP contribution is -2.35. The number of hydrogen-bond donors (Lipinski definition) is 0. The maximum absolute atomic E-state index is 13.2. The Bertz CT molecular complexity index is 644. The highest BCUT2D eigenvalue weighted by molar-refractivity contribution is 7.76. The number of hydrogen-bond acceptors (Lipinski definition) is 6. The van der Waals surface area contributed by atoms with E-state index in [1.165, 1.54) is 24.0 Å². The minimum Gasteiger partial charge on any atom is -0.336 e. The summed E-state index contributed by atoms with van der Waals surface area (Å²) in [6.07, 6.45) is 3.01. The lowest BCUT2D eigenvalue weighted by molar-refractivity contribution is -0.134. The van der Waals surface area contributed by atoms with Gasteiger partial charge in [0.05, 0.1) is 12.6 Å². The fraction of sp³-hybridized carbons (Fsp3) is 0.882. The number of nitrogens with zero attached hydrogens (tertiary/aromatic N) is 2. The minimum atomic E-state index is -3.42. The molecule has 8 nitrogen and oxygen atoms in total. The molecule has 0 heterocycles. The first-order valence-corrected chi connectivity index (χ1v) is 13.1. The van der Waals surface area contributed by atoms with E-state index in [4.69, 9.17) is 9.05 Å². The van der Waals surface area contributed by atoms with Gasteiger partial charge in [0, 0.05) is 39.1 Å². The van der Waals surface area contributed by atoms with Gasteiger partial charge < -0.3 is 18.8 Å². The van der Waals surface area contributed by atoms with Crippen LogP contribution in [0, 0.1) is 10.8 Å². The van der Waals surface area contributed by atoms with E-state index in [1.54, 1.807) is 14.1 Å². The summed E-state index contributed by atoms with van der Waals surface area (Å²) >= 11 is 0. The smallest absolute Gasteiger partial charge is 0.231 e. The first kappa shape index (κ1) is 22.6. The molecule has 2 aliphatic carbocycles. The fourth-order valence-corrected chi connectivity index (χ4v) is 9.19. The van der Waals surface area contributed by atoms with Gasteiger partial charge in [0.2, 0.25) is 26.6 Å². The third-order valence-electron chi connectivity index (χ3n) is 5.68. The van der Waals surface area contributed by atoms with Crippen LogP contribution in [0.3, 0.4) is 0 Å². The molecule has 10 heteroatoms. The Kier molecular flexibility index (Phi) is 6.38. The highest BCUT2D eigenvalue weighted by atomic mass is 31.2. The molecule has 27 heavy (non-hydrogen) atoms. The molecule has 0 radical (unpaired) electrons. The standard InChI is InChI=1S/C17H32N2O6P2/c1-16(7-8-16)14(20)18(3)11-26(22,24-5)13-27(23,25-6)12-19(4)15(21)17(2)9-10-17/h7-13H2,1-6H3. The van der Waals surface area contributed by atoms with Crippen molar-refractivity contribution in [3.63, 3.8) is 0 Å². The molecule has 0 saturated heterocycles. The van der Waals surface area contributed by atoms with Gasteiger partial charge in [0.1, 0.15) is 5.90 Å². The van der Waals surface area contributed by atoms with Crippen molar-refractivity contribution in [3.8, 4) is 0 Å². The highest BCUT2D eigenvalue weighted by Gasteiger charge is 2.49. The lowest BCUT2D eigenvalue weighted by atomic mass is 10.1. The van der Waals surface area contributed by atoms with Crippen molar-refractivity contribution in [1.29, 1.82) is 0 Å². The van der Waals surface area contributed by atoms with Crippen LogP contribution in [-0.4, -0.2) is 68.4 Å². The molecule has 2 unspecified atom stereocenters. The Morgan fingerprint density at radius 3 is 1.33 bits per heavy atom. The molecule has 0 spiro atoms. The van der Waals surface area contributed by atoms with E-state index in [9.17, 15) is 18.7 Å². The van der Waals surface area contributed by atoms with Gasteiger partial charge in [-0.15, -0.1) is 0 Å². The molecule has 0 aliphatic heterocycles. The number of rotatable bonds is 10. The Morgan fingerprint density at radius 2 is 1.11 bits per heavy atom. The van der Waals surface area contributed by atoms with E-state index < -0.39 is 14.7 Å². The molecule has 0 aromatic heterocycles. The van der Waals surface area contributed by atoms with Gasteiger partial charge in [-0.2, -0.15) is 0 Å². The molecule has 0 aromatic rings. The Hall–Kier alpha value is -0.680. The second kappa shape index (κ2) is 7.62. The Morgan fingerprint density at radius 1 is 0.815 bits per heavy atom. The van der Waals surface area contributed by atoms with Crippen molar-refractivity contribution in [1.82, 2.24) is 9.80 Å². The summed E-state index contributed by atoms with van der Waals surface area (Å²) in [5.41, 5.74) is -0.769. The summed E-state index contributed by atoms with van der Waals surface area (Å²) in [7, 11) is -1.10. The third-order valence-corrected chi connectivity index (χ3v) is 12.2. The van der Waals surface area contributed by atoms with Crippen LogP contribution < -0.4 is 0 Å². The van der Waals surface area contributed by atoms with Crippen LogP contribution in [0.25, 0.3) is 0 Å². The largest absolute Gasteiger partial charge is 0.336 e. The van der Waals surface area contributed by atoms with Crippen LogP contribution in [0.2, 0.25) is 0 Å². The lowest BCUT2D eigenvalue weighted by Gasteiger charge is -2.30. The summed E-state index contributed by atoms with van der Waals surface area (Å²) in [6, 6.07) is 0. The summed E-state index contributed by atoms with van der Waals surface area (Å²) in [6.45, 7) is 3.76. The van der Waals surface area contributed by atoms with Crippen molar-refractivity contribution in [2.75, 3.05) is 46.8 Å². The zero-order valence-corrected chi connectivity index (χ0v) is 19.0. The third kappa shape index (κ3) is 5.23. The zero-order valence-electron chi connectivity index (χ0n) is 17.2. The molecule has 2 rings (SSSR count). The summed E-state index contributed by atoms with van der Waals surface area (Å²) in [5, 5.41) is 0. The summed E-state index contributed by atoms with van der Waals surface area (Å²) in [5.74, 6) is -0.475. The Labute approximate surface area is 161 Å². The molecular formula is C17H32N2O6P2. The second-order valence-corrected chi connectivity index (χ2v) is 14.2. The Balaban J connectivity index is 2.05. The molecule has 0 bridgehead atoms. The molecule has 2 atom stereocenters. The molecular weight excluding hydrogens is 390 g/mol. The second-order valence-electron chi connectivity index (χ2n) is 8.55. The van der Waals surface area contributed by atoms with Gasteiger partial charge in [-0.1, -0.05) is 13.8 Å². The van der Waals surface area contributed by atoms with Crippen LogP contribution >= 0.6 is 14.7 Å². The minimum absolute atomic E-state index is 0.0824. The predicted molar refractivity (Wildman–Crippen MR) is 104 cm³/mol. The van der Waals surface area contributed by atoms with Gasteiger partial charge >= 0.3 is 0 Å². The first-order valence-electron chi connectivity index (χ1n) is 9.11. The van der Waals surface area contributed by atoms with Crippen LogP contribution in [0.15, 0.2) is 0 Å². The number of carbonyl (C=O) groups is 2. The summed E-state index contributed by atoms with van der Waals surface area (Å²) < 4.78 is 36.8. The number of carbonyl (C=O) groups excluding carboxylic acids is 2. The van der Waals surface area contributed by atoms with Gasteiger partial charge in [-0.3, -0.25) is 18.7 Å². The van der Waals surface area contributed by atoms with Crippen molar-refractivity contribution < 1.29 is 27.8 Å². The van der Waals surface area contributed by atoms with Gasteiger partial charge in [0.25, 0.3) is 0 Å². The van der Waals surface area contributed by atoms with E-state index in [-0.39, 0.29) is 41.1 Å². The monoisotopic (exact) mass is 422 g/mol. The van der Waals surface area contributed by atoms with E-state index in [0.29, 0.717) is 0 Å². The topological polar surface area (TPSA) is 93.2 Å². The first-order chi connectivity index (χ1) is 12.3. The van der Waals surface area contributed by atoms with E-state index >= 15 is 0 Å². The molecule has 2 saturated carbocycles. The van der Waals surface area contributed by atoms with Gasteiger partial charge in [-0.05, 0) is 25.7 Å². The molecule has 2 aliphatic rings. The van der Waals surface area contributed by atoms with E-state index in [2.05, 4.69) is 0 Å².